The summed E-state index contributed by atoms with van der Waals surface area (Å²) in [6, 6.07) is 61.3. The van der Waals surface area contributed by atoms with E-state index in [4.69, 9.17) is 4.42 Å². The third-order valence-electron chi connectivity index (χ3n) is 10.3. The van der Waals surface area contributed by atoms with Gasteiger partial charge in [-0.05, 0) is 82.6 Å². The molecule has 0 unspecified atom stereocenters. The van der Waals surface area contributed by atoms with Crippen molar-refractivity contribution in [2.24, 2.45) is 0 Å². The van der Waals surface area contributed by atoms with E-state index >= 15 is 0 Å². The Balaban J connectivity index is 1.16. The second-order valence-electron chi connectivity index (χ2n) is 12.9. The molecule has 11 aromatic rings. The molecule has 0 aliphatic carbocycles. The summed E-state index contributed by atoms with van der Waals surface area (Å²) >= 11 is 0. The largest absolute Gasteiger partial charge is 0.456 e. The Morgan fingerprint density at radius 1 is 0.347 bits per heavy atom. The molecule has 228 valence electrons. The maximum Gasteiger partial charge on any atom is 0.135 e. The Morgan fingerprint density at radius 3 is 1.63 bits per heavy atom. The van der Waals surface area contributed by atoms with Crippen molar-refractivity contribution in [1.82, 2.24) is 9.13 Å². The summed E-state index contributed by atoms with van der Waals surface area (Å²) in [6.45, 7) is 0. The van der Waals surface area contributed by atoms with Crippen molar-refractivity contribution in [3.05, 3.63) is 170 Å². The molecule has 3 nitrogen and oxygen atoms in total. The van der Waals surface area contributed by atoms with Crippen LogP contribution in [0.1, 0.15) is 0 Å². The smallest absolute Gasteiger partial charge is 0.135 e. The highest BCUT2D eigenvalue weighted by Crippen LogP contribution is 2.43. The molecule has 0 fully saturated rings. The van der Waals surface area contributed by atoms with Gasteiger partial charge in [0.2, 0.25) is 0 Å². The molecule has 11 rings (SSSR count). The second-order valence-corrected chi connectivity index (χ2v) is 12.9. The zero-order valence-electron chi connectivity index (χ0n) is 26.5. The van der Waals surface area contributed by atoms with Crippen LogP contribution in [0.3, 0.4) is 0 Å². The Bertz CT molecular complexity index is 3090. The lowest BCUT2D eigenvalue weighted by Crippen LogP contribution is -1.95. The van der Waals surface area contributed by atoms with Crippen LogP contribution in [0.2, 0.25) is 0 Å². The SMILES string of the molecule is c1ccc2c(-c3ccc(-n4c5ccccc5c5c6c7ccccc7n(-c7ccc8oc9ccccc9c8c7)c6ccc54)cc3)cccc2c1. The lowest BCUT2D eigenvalue weighted by molar-refractivity contribution is 0.669. The molecule has 0 aliphatic heterocycles. The lowest BCUT2D eigenvalue weighted by atomic mass is 9.98. The molecule has 0 atom stereocenters. The van der Waals surface area contributed by atoms with E-state index in [1.807, 2.05) is 12.1 Å². The molecule has 0 amide bonds. The summed E-state index contributed by atoms with van der Waals surface area (Å²) in [4.78, 5) is 0. The minimum Gasteiger partial charge on any atom is -0.456 e. The Kier molecular flexibility index (Phi) is 5.38. The Labute approximate surface area is 281 Å². The van der Waals surface area contributed by atoms with Crippen molar-refractivity contribution in [1.29, 1.82) is 0 Å². The molecule has 3 heteroatoms. The number of hydrogen-bond acceptors (Lipinski definition) is 1. The van der Waals surface area contributed by atoms with Crippen molar-refractivity contribution in [3.8, 4) is 22.5 Å². The van der Waals surface area contributed by atoms with E-state index in [0.29, 0.717) is 0 Å². The van der Waals surface area contributed by atoms with E-state index in [9.17, 15) is 0 Å². The summed E-state index contributed by atoms with van der Waals surface area (Å²) in [5, 5.41) is 9.83. The fourth-order valence-electron chi connectivity index (χ4n) is 8.19. The van der Waals surface area contributed by atoms with Gasteiger partial charge in [-0.25, -0.2) is 0 Å². The number of nitrogens with zero attached hydrogens (tertiary/aromatic N) is 2. The fourth-order valence-corrected chi connectivity index (χ4v) is 8.19. The number of hydrogen-bond donors (Lipinski definition) is 0. The summed E-state index contributed by atoms with van der Waals surface area (Å²) in [6.07, 6.45) is 0. The van der Waals surface area contributed by atoms with Gasteiger partial charge in [0.25, 0.3) is 0 Å². The van der Waals surface area contributed by atoms with Crippen molar-refractivity contribution in [2.45, 2.75) is 0 Å². The molecule has 8 aromatic carbocycles. The van der Waals surface area contributed by atoms with E-state index in [1.165, 1.54) is 65.5 Å². The summed E-state index contributed by atoms with van der Waals surface area (Å²) in [7, 11) is 0. The van der Waals surface area contributed by atoms with Crippen molar-refractivity contribution in [2.75, 3.05) is 0 Å². The maximum absolute atomic E-state index is 6.19. The van der Waals surface area contributed by atoms with Gasteiger partial charge in [-0.3, -0.25) is 0 Å². The minimum absolute atomic E-state index is 0.905. The third-order valence-corrected chi connectivity index (χ3v) is 10.3. The van der Waals surface area contributed by atoms with Crippen LogP contribution in [0.15, 0.2) is 174 Å². The molecule has 0 bridgehead atoms. The van der Waals surface area contributed by atoms with Crippen molar-refractivity contribution < 1.29 is 4.42 Å². The molecule has 0 radical (unpaired) electrons. The van der Waals surface area contributed by atoms with E-state index in [0.717, 1.165) is 33.3 Å². The highest BCUT2D eigenvalue weighted by molar-refractivity contribution is 6.29. The Hall–Kier alpha value is -6.58. The predicted octanol–water partition coefficient (Wildman–Crippen LogP) is 12.6. The second kappa shape index (κ2) is 9.96. The first-order chi connectivity index (χ1) is 24.3. The third kappa shape index (κ3) is 3.73. The number of rotatable bonds is 3. The molecule has 3 heterocycles. The average Bonchev–Trinajstić information content (AvgIpc) is 3.82. The number of aromatic nitrogens is 2. The van der Waals surface area contributed by atoms with Gasteiger partial charge in [0.15, 0.2) is 0 Å². The molecular weight excluding hydrogens is 597 g/mol. The van der Waals surface area contributed by atoms with Gasteiger partial charge in [0.05, 0.1) is 22.1 Å². The standard InChI is InChI=1S/C46H28N2O/c1-2-12-33-29(10-1)11-9-16-34(33)30-20-22-31(23-21-30)47-39-17-6-3-14-36(39)45-41(47)25-26-42-46(45)37-15-4-7-18-40(37)48(42)32-24-27-44-38(28-32)35-13-5-8-19-43(35)49-44/h1-28H. The van der Waals surface area contributed by atoms with Crippen LogP contribution in [0, 0.1) is 0 Å². The summed E-state index contributed by atoms with van der Waals surface area (Å²) in [5.74, 6) is 0. The van der Waals surface area contributed by atoms with Crippen LogP contribution in [0.25, 0.3) is 98.8 Å². The van der Waals surface area contributed by atoms with Crippen LogP contribution < -0.4 is 0 Å². The van der Waals surface area contributed by atoms with Crippen LogP contribution >= 0.6 is 0 Å². The average molecular weight is 625 g/mol. The van der Waals surface area contributed by atoms with Gasteiger partial charge >= 0.3 is 0 Å². The number of para-hydroxylation sites is 3. The van der Waals surface area contributed by atoms with Crippen LogP contribution in [0.5, 0.6) is 0 Å². The fraction of sp³-hybridized carbons (Fsp3) is 0. The van der Waals surface area contributed by atoms with E-state index in [-0.39, 0.29) is 0 Å². The first-order valence-electron chi connectivity index (χ1n) is 16.8. The van der Waals surface area contributed by atoms with Crippen LogP contribution in [-0.2, 0) is 0 Å². The van der Waals surface area contributed by atoms with Gasteiger partial charge in [-0.15, -0.1) is 0 Å². The van der Waals surface area contributed by atoms with Crippen LogP contribution in [0.4, 0.5) is 0 Å². The van der Waals surface area contributed by atoms with E-state index in [2.05, 4.69) is 167 Å². The van der Waals surface area contributed by atoms with E-state index in [1.54, 1.807) is 0 Å². The van der Waals surface area contributed by atoms with Gasteiger partial charge < -0.3 is 13.6 Å². The van der Waals surface area contributed by atoms with E-state index < -0.39 is 0 Å². The van der Waals surface area contributed by atoms with Crippen LogP contribution in [-0.4, -0.2) is 9.13 Å². The quantitative estimate of drug-likeness (QED) is 0.192. The molecule has 0 spiro atoms. The number of benzene rings is 8. The maximum atomic E-state index is 6.19. The van der Waals surface area contributed by atoms with Gasteiger partial charge in [-0.1, -0.05) is 109 Å². The highest BCUT2D eigenvalue weighted by Gasteiger charge is 2.21. The van der Waals surface area contributed by atoms with Gasteiger partial charge in [0.1, 0.15) is 11.2 Å². The first-order valence-corrected chi connectivity index (χ1v) is 16.8. The first kappa shape index (κ1) is 26.5. The monoisotopic (exact) mass is 624 g/mol. The van der Waals surface area contributed by atoms with Crippen molar-refractivity contribution >= 4 is 76.3 Å². The molecule has 0 saturated heterocycles. The summed E-state index contributed by atoms with van der Waals surface area (Å²) < 4.78 is 11.0. The Morgan fingerprint density at radius 2 is 0.898 bits per heavy atom. The van der Waals surface area contributed by atoms with Crippen molar-refractivity contribution in [3.63, 3.8) is 0 Å². The minimum atomic E-state index is 0.905. The molecule has 49 heavy (non-hydrogen) atoms. The number of fused-ring (bicyclic) bond motifs is 11. The van der Waals surface area contributed by atoms with Gasteiger partial charge in [0, 0.05) is 43.7 Å². The zero-order valence-corrected chi connectivity index (χ0v) is 26.5. The lowest BCUT2D eigenvalue weighted by Gasteiger charge is -2.11. The topological polar surface area (TPSA) is 23.0 Å². The molecular formula is C46H28N2O. The normalized spacial score (nSPS) is 12.1. The predicted molar refractivity (Wildman–Crippen MR) is 205 cm³/mol. The highest BCUT2D eigenvalue weighted by atomic mass is 16.3. The molecule has 0 aliphatic rings. The summed E-state index contributed by atoms with van der Waals surface area (Å²) in [5.41, 5.74) is 11.3. The number of furan rings is 1. The molecule has 0 saturated carbocycles. The van der Waals surface area contributed by atoms with Gasteiger partial charge in [-0.2, -0.15) is 0 Å². The molecule has 3 aromatic heterocycles. The zero-order chi connectivity index (χ0) is 32.1. The molecule has 0 N–H and O–H groups in total.